The Morgan fingerprint density at radius 1 is 1.10 bits per heavy atom. The fourth-order valence-electron chi connectivity index (χ4n) is 5.06. The first-order valence-corrected chi connectivity index (χ1v) is 11.2. The highest BCUT2D eigenvalue weighted by atomic mass is 16.2. The van der Waals surface area contributed by atoms with Gasteiger partial charge in [-0.2, -0.15) is 0 Å². The smallest absolute Gasteiger partial charge is 0.254 e. The molecule has 0 spiro atoms. The summed E-state index contributed by atoms with van der Waals surface area (Å²) >= 11 is 0. The van der Waals surface area contributed by atoms with Crippen LogP contribution < -0.4 is 0 Å². The van der Waals surface area contributed by atoms with E-state index in [0.29, 0.717) is 6.04 Å². The van der Waals surface area contributed by atoms with Crippen LogP contribution in [0.25, 0.3) is 16.7 Å². The normalized spacial score (nSPS) is 19.9. The van der Waals surface area contributed by atoms with E-state index in [1.54, 1.807) is 0 Å². The summed E-state index contributed by atoms with van der Waals surface area (Å²) in [6, 6.07) is 17.3. The molecule has 156 valence electrons. The van der Waals surface area contributed by atoms with E-state index in [9.17, 15) is 4.79 Å². The summed E-state index contributed by atoms with van der Waals surface area (Å²) < 4.78 is 2.15. The molecular formula is C25H30N4O. The number of carbonyl (C=O) groups excluding carboxylic acids is 1. The van der Waals surface area contributed by atoms with Crippen LogP contribution in [0.3, 0.4) is 0 Å². The SMILES string of the molecule is CCN(C(=O)c1ccc(-n2c(C)nc3ccccc32)cc1)[C@@H]1CCN(C2CCC2)C1. The lowest BCUT2D eigenvalue weighted by molar-refractivity contribution is 0.0677. The molecule has 5 nitrogen and oxygen atoms in total. The number of hydrogen-bond donors (Lipinski definition) is 0. The number of para-hydroxylation sites is 2. The Labute approximate surface area is 178 Å². The standard InChI is InChI=1S/C25H30N4O/c1-3-28(22-15-16-27(17-22)20-7-6-8-20)25(30)19-11-13-21(14-12-19)29-18(2)26-23-9-4-5-10-24(23)29/h4-5,9-14,20,22H,3,6-8,15-17H2,1-2H3/t22-/m1/s1. The maximum Gasteiger partial charge on any atom is 0.254 e. The molecule has 1 aliphatic carbocycles. The van der Waals surface area contributed by atoms with E-state index in [2.05, 4.69) is 32.3 Å². The van der Waals surface area contributed by atoms with Crippen molar-refractivity contribution in [1.82, 2.24) is 19.4 Å². The second-order valence-corrected chi connectivity index (χ2v) is 8.64. The van der Waals surface area contributed by atoms with Gasteiger partial charge >= 0.3 is 0 Å². The van der Waals surface area contributed by atoms with Crippen LogP contribution in [0.15, 0.2) is 48.5 Å². The van der Waals surface area contributed by atoms with Gasteiger partial charge in [0, 0.05) is 43.0 Å². The zero-order valence-electron chi connectivity index (χ0n) is 17.9. The summed E-state index contributed by atoms with van der Waals surface area (Å²) in [5, 5.41) is 0. The van der Waals surface area contributed by atoms with Gasteiger partial charge in [0.15, 0.2) is 0 Å². The highest BCUT2D eigenvalue weighted by Gasteiger charge is 2.35. The molecule has 30 heavy (non-hydrogen) atoms. The number of likely N-dealkylation sites (N-methyl/N-ethyl adjacent to an activating group) is 1. The van der Waals surface area contributed by atoms with Crippen LogP contribution in [0, 0.1) is 6.92 Å². The lowest BCUT2D eigenvalue weighted by Gasteiger charge is -2.35. The maximum absolute atomic E-state index is 13.3. The van der Waals surface area contributed by atoms with Gasteiger partial charge in [-0.3, -0.25) is 14.3 Å². The van der Waals surface area contributed by atoms with Crippen molar-refractivity contribution in [2.75, 3.05) is 19.6 Å². The molecule has 5 heteroatoms. The van der Waals surface area contributed by atoms with E-state index in [1.807, 2.05) is 49.4 Å². The van der Waals surface area contributed by atoms with Crippen LogP contribution in [-0.4, -0.2) is 57.0 Å². The van der Waals surface area contributed by atoms with Crippen molar-refractivity contribution >= 4 is 16.9 Å². The number of carbonyl (C=O) groups is 1. The van der Waals surface area contributed by atoms with Crippen LogP contribution in [0.4, 0.5) is 0 Å². The molecule has 1 saturated carbocycles. The molecule has 2 heterocycles. The van der Waals surface area contributed by atoms with Gasteiger partial charge in [-0.15, -0.1) is 0 Å². The summed E-state index contributed by atoms with van der Waals surface area (Å²) in [5.41, 5.74) is 3.89. The molecule has 1 aromatic heterocycles. The van der Waals surface area contributed by atoms with Crippen molar-refractivity contribution in [3.05, 3.63) is 59.9 Å². The third-order valence-electron chi connectivity index (χ3n) is 6.93. The fraction of sp³-hybridized carbons (Fsp3) is 0.440. The second kappa shape index (κ2) is 7.88. The number of fused-ring (bicyclic) bond motifs is 1. The van der Waals surface area contributed by atoms with E-state index in [-0.39, 0.29) is 5.91 Å². The Morgan fingerprint density at radius 2 is 1.87 bits per heavy atom. The topological polar surface area (TPSA) is 41.4 Å². The molecule has 0 unspecified atom stereocenters. The zero-order valence-corrected chi connectivity index (χ0v) is 17.9. The molecule has 1 aliphatic heterocycles. The lowest BCUT2D eigenvalue weighted by atomic mass is 9.92. The number of benzene rings is 2. The Morgan fingerprint density at radius 3 is 2.57 bits per heavy atom. The van der Waals surface area contributed by atoms with Crippen LogP contribution in [0.2, 0.25) is 0 Å². The molecule has 1 saturated heterocycles. The van der Waals surface area contributed by atoms with Gasteiger partial charge in [-0.1, -0.05) is 18.6 Å². The minimum absolute atomic E-state index is 0.150. The van der Waals surface area contributed by atoms with Crippen LogP contribution >= 0.6 is 0 Å². The fourth-order valence-corrected chi connectivity index (χ4v) is 5.06. The van der Waals surface area contributed by atoms with Gasteiger partial charge in [0.1, 0.15) is 5.82 Å². The Hall–Kier alpha value is -2.66. The van der Waals surface area contributed by atoms with Crippen molar-refractivity contribution in [3.63, 3.8) is 0 Å². The monoisotopic (exact) mass is 402 g/mol. The summed E-state index contributed by atoms with van der Waals surface area (Å²) in [7, 11) is 0. The highest BCUT2D eigenvalue weighted by molar-refractivity contribution is 5.94. The minimum Gasteiger partial charge on any atom is -0.335 e. The first-order valence-electron chi connectivity index (χ1n) is 11.2. The van der Waals surface area contributed by atoms with Crippen LogP contribution in [-0.2, 0) is 0 Å². The van der Waals surface area contributed by atoms with Gasteiger partial charge in [0.2, 0.25) is 0 Å². The van der Waals surface area contributed by atoms with E-state index < -0.39 is 0 Å². The van der Waals surface area contributed by atoms with E-state index in [4.69, 9.17) is 0 Å². The van der Waals surface area contributed by atoms with Crippen molar-refractivity contribution in [3.8, 4) is 5.69 Å². The van der Waals surface area contributed by atoms with Crippen LogP contribution in [0.5, 0.6) is 0 Å². The van der Waals surface area contributed by atoms with Gasteiger partial charge in [0.25, 0.3) is 5.91 Å². The molecule has 0 bridgehead atoms. The predicted octanol–water partition coefficient (Wildman–Crippen LogP) is 4.42. The Bertz CT molecular complexity index is 1050. The largest absolute Gasteiger partial charge is 0.335 e. The van der Waals surface area contributed by atoms with E-state index >= 15 is 0 Å². The quantitative estimate of drug-likeness (QED) is 0.634. The molecule has 2 fully saturated rings. The van der Waals surface area contributed by atoms with Crippen LogP contribution in [0.1, 0.15) is 48.8 Å². The van der Waals surface area contributed by atoms with Crippen molar-refractivity contribution in [1.29, 1.82) is 0 Å². The second-order valence-electron chi connectivity index (χ2n) is 8.64. The number of amides is 1. The molecular weight excluding hydrogens is 372 g/mol. The molecule has 1 amide bonds. The van der Waals surface area contributed by atoms with Crippen molar-refractivity contribution in [2.45, 2.75) is 51.6 Å². The average Bonchev–Trinajstić information content (AvgIpc) is 3.31. The van der Waals surface area contributed by atoms with Gasteiger partial charge in [-0.25, -0.2) is 4.98 Å². The van der Waals surface area contributed by atoms with Crippen molar-refractivity contribution in [2.24, 2.45) is 0 Å². The van der Waals surface area contributed by atoms with Gasteiger partial charge in [0.05, 0.1) is 11.0 Å². The lowest BCUT2D eigenvalue weighted by Crippen LogP contribution is -2.44. The number of imidazole rings is 1. The van der Waals surface area contributed by atoms with Gasteiger partial charge < -0.3 is 4.90 Å². The first-order chi connectivity index (χ1) is 14.7. The molecule has 1 atom stereocenters. The highest BCUT2D eigenvalue weighted by Crippen LogP contribution is 2.30. The number of hydrogen-bond acceptors (Lipinski definition) is 3. The molecule has 3 aromatic rings. The maximum atomic E-state index is 13.3. The summed E-state index contributed by atoms with van der Waals surface area (Å²) in [6.45, 7) is 7.04. The predicted molar refractivity (Wildman–Crippen MR) is 120 cm³/mol. The first kappa shape index (κ1) is 19.3. The molecule has 2 aliphatic rings. The summed E-state index contributed by atoms with van der Waals surface area (Å²) in [4.78, 5) is 22.6. The molecule has 5 rings (SSSR count). The molecule has 0 radical (unpaired) electrons. The third kappa shape index (κ3) is 3.31. The minimum atomic E-state index is 0.150. The number of rotatable bonds is 5. The molecule has 2 aromatic carbocycles. The van der Waals surface area contributed by atoms with E-state index in [1.165, 1.54) is 19.3 Å². The Balaban J connectivity index is 1.35. The third-order valence-corrected chi connectivity index (χ3v) is 6.93. The molecule has 0 N–H and O–H groups in total. The average molecular weight is 403 g/mol. The summed E-state index contributed by atoms with van der Waals surface area (Å²) in [6.07, 6.45) is 5.11. The van der Waals surface area contributed by atoms with E-state index in [0.717, 1.165) is 60.2 Å². The zero-order chi connectivity index (χ0) is 20.7. The number of aryl methyl sites for hydroxylation is 1. The van der Waals surface area contributed by atoms with Crippen molar-refractivity contribution < 1.29 is 4.79 Å². The van der Waals surface area contributed by atoms with Gasteiger partial charge in [-0.05, 0) is 69.5 Å². The number of likely N-dealkylation sites (tertiary alicyclic amines) is 1. The summed E-state index contributed by atoms with van der Waals surface area (Å²) in [5.74, 6) is 1.10. The number of nitrogens with zero attached hydrogens (tertiary/aromatic N) is 4. The number of aromatic nitrogens is 2. The Kier molecular flexibility index (Phi) is 5.07.